The molecule has 0 aliphatic rings. The van der Waals surface area contributed by atoms with Crippen molar-refractivity contribution < 1.29 is 17.9 Å². The second kappa shape index (κ2) is 6.34. The smallest absolute Gasteiger partial charge is 0.406 e. The van der Waals surface area contributed by atoms with Crippen LogP contribution in [0.1, 0.15) is 24.7 Å². The van der Waals surface area contributed by atoms with E-state index in [1.54, 1.807) is 4.68 Å². The van der Waals surface area contributed by atoms with Gasteiger partial charge in [-0.1, -0.05) is 18.6 Å². The van der Waals surface area contributed by atoms with Gasteiger partial charge in [-0.15, -0.1) is 29.9 Å². The number of alkyl halides is 4. The van der Waals surface area contributed by atoms with E-state index < -0.39 is 6.36 Å². The molecule has 0 amide bonds. The fourth-order valence-electron chi connectivity index (χ4n) is 1.92. The zero-order valence-corrected chi connectivity index (χ0v) is 11.9. The van der Waals surface area contributed by atoms with Crippen LogP contribution in [0.15, 0.2) is 24.3 Å². The molecule has 0 unspecified atom stereocenters. The van der Waals surface area contributed by atoms with Crippen LogP contribution in [-0.4, -0.2) is 21.4 Å². The number of hydrogen-bond donors (Lipinski definition) is 0. The Morgan fingerprint density at radius 2 is 1.90 bits per heavy atom. The molecule has 0 saturated carbocycles. The topological polar surface area (TPSA) is 39.9 Å². The van der Waals surface area contributed by atoms with Crippen molar-refractivity contribution in [1.82, 2.24) is 15.0 Å². The third-order valence-corrected chi connectivity index (χ3v) is 3.03. The van der Waals surface area contributed by atoms with E-state index in [1.165, 1.54) is 24.3 Å². The maximum absolute atomic E-state index is 12.1. The molecule has 0 saturated heterocycles. The first-order valence-electron chi connectivity index (χ1n) is 6.30. The third kappa shape index (κ3) is 3.87. The Labute approximate surface area is 124 Å². The van der Waals surface area contributed by atoms with Gasteiger partial charge in [0.25, 0.3) is 0 Å². The molecule has 0 radical (unpaired) electrons. The number of aromatic nitrogens is 3. The minimum Gasteiger partial charge on any atom is -0.406 e. The van der Waals surface area contributed by atoms with E-state index in [9.17, 15) is 13.2 Å². The molecule has 114 valence electrons. The first kappa shape index (κ1) is 15.6. The van der Waals surface area contributed by atoms with Gasteiger partial charge in [-0.2, -0.15) is 0 Å². The summed E-state index contributed by atoms with van der Waals surface area (Å²) in [5.41, 5.74) is 2.14. The van der Waals surface area contributed by atoms with Crippen molar-refractivity contribution in [2.75, 3.05) is 0 Å². The van der Waals surface area contributed by atoms with Crippen LogP contribution >= 0.6 is 11.6 Å². The average molecular weight is 320 g/mol. The highest BCUT2D eigenvalue weighted by molar-refractivity contribution is 6.16. The normalized spacial score (nSPS) is 11.7. The fraction of sp³-hybridized carbons (Fsp3) is 0.385. The Hall–Kier alpha value is -1.76. The van der Waals surface area contributed by atoms with Crippen LogP contribution < -0.4 is 4.74 Å². The summed E-state index contributed by atoms with van der Waals surface area (Å²) in [6, 6.07) is 5.46. The molecular formula is C13H13ClF3N3O. The zero-order chi connectivity index (χ0) is 15.5. The molecule has 0 bridgehead atoms. The molecule has 4 nitrogen and oxygen atoms in total. The van der Waals surface area contributed by atoms with Gasteiger partial charge in [0, 0.05) is 0 Å². The van der Waals surface area contributed by atoms with Crippen LogP contribution in [-0.2, 0) is 12.3 Å². The molecule has 1 aromatic carbocycles. The van der Waals surface area contributed by atoms with Crippen LogP contribution in [0, 0.1) is 0 Å². The summed E-state index contributed by atoms with van der Waals surface area (Å²) >= 11 is 5.81. The Bertz CT molecular complexity index is 596. The highest BCUT2D eigenvalue weighted by atomic mass is 35.5. The first-order chi connectivity index (χ1) is 9.94. The van der Waals surface area contributed by atoms with Gasteiger partial charge >= 0.3 is 6.36 Å². The number of benzene rings is 1. The lowest BCUT2D eigenvalue weighted by Gasteiger charge is -2.10. The Morgan fingerprint density at radius 3 is 2.43 bits per heavy atom. The van der Waals surface area contributed by atoms with Gasteiger partial charge in [0.2, 0.25) is 0 Å². The van der Waals surface area contributed by atoms with Crippen molar-refractivity contribution in [3.8, 4) is 11.4 Å². The van der Waals surface area contributed by atoms with Gasteiger partial charge in [0.05, 0.1) is 17.3 Å². The molecule has 2 rings (SSSR count). The predicted molar refractivity (Wildman–Crippen MR) is 71.6 cm³/mol. The van der Waals surface area contributed by atoms with E-state index >= 15 is 0 Å². The fourth-order valence-corrected chi connectivity index (χ4v) is 2.13. The van der Waals surface area contributed by atoms with Gasteiger partial charge in [0.1, 0.15) is 11.4 Å². The van der Waals surface area contributed by atoms with Crippen molar-refractivity contribution in [1.29, 1.82) is 0 Å². The van der Waals surface area contributed by atoms with E-state index in [-0.39, 0.29) is 11.6 Å². The average Bonchev–Trinajstić information content (AvgIpc) is 2.81. The van der Waals surface area contributed by atoms with Crippen molar-refractivity contribution >= 4 is 11.6 Å². The van der Waals surface area contributed by atoms with Crippen molar-refractivity contribution in [2.45, 2.75) is 32.0 Å². The maximum Gasteiger partial charge on any atom is 0.573 e. The van der Waals surface area contributed by atoms with Gasteiger partial charge in [-0.3, -0.25) is 0 Å². The van der Waals surface area contributed by atoms with Gasteiger partial charge in [-0.05, 0) is 30.7 Å². The number of halogens is 4. The molecule has 0 fully saturated rings. The second-order valence-electron chi connectivity index (χ2n) is 4.32. The van der Waals surface area contributed by atoms with E-state index in [1.807, 2.05) is 6.92 Å². The van der Waals surface area contributed by atoms with Gasteiger partial charge in [0.15, 0.2) is 0 Å². The summed E-state index contributed by atoms with van der Waals surface area (Å²) in [4.78, 5) is 0. The molecule has 1 heterocycles. The summed E-state index contributed by atoms with van der Waals surface area (Å²) in [6.07, 6.45) is -3.09. The summed E-state index contributed by atoms with van der Waals surface area (Å²) in [6.45, 7) is 2.01. The van der Waals surface area contributed by atoms with E-state index in [4.69, 9.17) is 11.6 Å². The van der Waals surface area contributed by atoms with Crippen LogP contribution in [0.25, 0.3) is 5.69 Å². The van der Waals surface area contributed by atoms with Gasteiger partial charge < -0.3 is 4.74 Å². The molecule has 1 aromatic heterocycles. The second-order valence-corrected chi connectivity index (χ2v) is 4.59. The minimum atomic E-state index is -4.70. The van der Waals surface area contributed by atoms with E-state index in [0.717, 1.165) is 18.5 Å². The molecular weight excluding hydrogens is 307 g/mol. The van der Waals surface area contributed by atoms with Gasteiger partial charge in [-0.25, -0.2) is 4.68 Å². The van der Waals surface area contributed by atoms with Crippen LogP contribution in [0.3, 0.4) is 0 Å². The lowest BCUT2D eigenvalue weighted by Crippen LogP contribution is -2.17. The maximum atomic E-state index is 12.1. The number of rotatable bonds is 5. The van der Waals surface area contributed by atoms with Crippen molar-refractivity contribution in [2.24, 2.45) is 0 Å². The summed E-state index contributed by atoms with van der Waals surface area (Å²) in [5, 5.41) is 7.98. The van der Waals surface area contributed by atoms with Crippen molar-refractivity contribution in [3.63, 3.8) is 0 Å². The summed E-state index contributed by atoms with van der Waals surface area (Å²) < 4.78 is 41.8. The number of hydrogen-bond acceptors (Lipinski definition) is 3. The van der Waals surface area contributed by atoms with Crippen LogP contribution in [0.2, 0.25) is 0 Å². The SMILES string of the molecule is CCCc1c(CCl)nnn1-c1ccc(OC(F)(F)F)cc1. The summed E-state index contributed by atoms with van der Waals surface area (Å²) in [7, 11) is 0. The first-order valence-corrected chi connectivity index (χ1v) is 6.83. The Morgan fingerprint density at radius 1 is 1.24 bits per heavy atom. The highest BCUT2D eigenvalue weighted by Gasteiger charge is 2.31. The van der Waals surface area contributed by atoms with E-state index in [2.05, 4.69) is 15.0 Å². The van der Waals surface area contributed by atoms with Crippen LogP contribution in [0.4, 0.5) is 13.2 Å². The number of nitrogens with zero attached hydrogens (tertiary/aromatic N) is 3. The lowest BCUT2D eigenvalue weighted by molar-refractivity contribution is -0.274. The lowest BCUT2D eigenvalue weighted by atomic mass is 10.2. The minimum absolute atomic E-state index is 0.241. The molecule has 0 aliphatic carbocycles. The Kier molecular flexibility index (Phi) is 4.72. The standard InChI is InChI=1S/C13H13ClF3N3O/c1-2-3-12-11(8-14)18-19-20(12)9-4-6-10(7-5-9)21-13(15,16)17/h4-7H,2-3,8H2,1H3. The molecule has 8 heteroatoms. The quantitative estimate of drug-likeness (QED) is 0.786. The van der Waals surface area contributed by atoms with E-state index in [0.29, 0.717) is 11.4 Å². The zero-order valence-electron chi connectivity index (χ0n) is 11.2. The predicted octanol–water partition coefficient (Wildman–Crippen LogP) is 3.86. The Balaban J connectivity index is 2.28. The third-order valence-electron chi connectivity index (χ3n) is 2.77. The molecule has 0 N–H and O–H groups in total. The van der Waals surface area contributed by atoms with Crippen molar-refractivity contribution in [3.05, 3.63) is 35.7 Å². The molecule has 0 atom stereocenters. The monoisotopic (exact) mass is 319 g/mol. The largest absolute Gasteiger partial charge is 0.573 e. The molecule has 0 spiro atoms. The van der Waals surface area contributed by atoms with Crippen LogP contribution in [0.5, 0.6) is 5.75 Å². The molecule has 2 aromatic rings. The molecule has 0 aliphatic heterocycles. The summed E-state index contributed by atoms with van der Waals surface area (Å²) in [5.74, 6) is -0.0362. The number of ether oxygens (including phenoxy) is 1. The highest BCUT2D eigenvalue weighted by Crippen LogP contribution is 2.24. The molecule has 21 heavy (non-hydrogen) atoms.